The van der Waals surface area contributed by atoms with E-state index in [9.17, 15) is 0 Å². The zero-order chi connectivity index (χ0) is 19.5. The summed E-state index contributed by atoms with van der Waals surface area (Å²) < 4.78 is 7.63. The molecule has 3 heterocycles. The minimum Gasteiger partial charge on any atom is -0.467 e. The lowest BCUT2D eigenvalue weighted by Crippen LogP contribution is -2.07. The van der Waals surface area contributed by atoms with Crippen LogP contribution in [0.4, 0.5) is 0 Å². The van der Waals surface area contributed by atoms with Crippen molar-refractivity contribution in [3.05, 3.63) is 70.3 Å². The van der Waals surface area contributed by atoms with Crippen molar-refractivity contribution in [3.8, 4) is 10.6 Å². The zero-order valence-electron chi connectivity index (χ0n) is 15.5. The molecule has 0 aliphatic rings. The Hall–Kier alpha value is -2.09. The molecule has 0 amide bonds. The Kier molecular flexibility index (Phi) is 5.85. The lowest BCUT2D eigenvalue weighted by molar-refractivity contribution is 0.475. The fraction of sp³-hybridized carbons (Fsp3) is 0.250. The molecule has 0 atom stereocenters. The summed E-state index contributed by atoms with van der Waals surface area (Å²) in [5, 5.41) is 13.4. The predicted molar refractivity (Wildman–Crippen MR) is 114 cm³/mol. The third-order valence-corrected chi connectivity index (χ3v) is 6.42. The molecule has 0 unspecified atom stereocenters. The molecule has 0 bridgehead atoms. The molecule has 0 saturated carbocycles. The second kappa shape index (κ2) is 8.51. The summed E-state index contributed by atoms with van der Waals surface area (Å²) in [7, 11) is 0. The van der Waals surface area contributed by atoms with E-state index in [1.165, 1.54) is 0 Å². The number of nitrogens with zero attached hydrogens (tertiary/aromatic N) is 4. The Bertz CT molecular complexity index is 1060. The molecule has 4 rings (SSSR count). The summed E-state index contributed by atoms with van der Waals surface area (Å²) in [5.74, 6) is 2.84. The summed E-state index contributed by atoms with van der Waals surface area (Å²) in [4.78, 5) is 4.74. The average molecular weight is 431 g/mol. The van der Waals surface area contributed by atoms with Gasteiger partial charge in [0.25, 0.3) is 0 Å². The van der Waals surface area contributed by atoms with Crippen LogP contribution in [-0.2, 0) is 12.3 Å². The number of halogens is 1. The summed E-state index contributed by atoms with van der Waals surface area (Å²) >= 11 is 9.53. The van der Waals surface area contributed by atoms with Gasteiger partial charge in [-0.2, -0.15) is 0 Å². The third kappa shape index (κ3) is 4.16. The summed E-state index contributed by atoms with van der Waals surface area (Å²) in [6.07, 6.45) is 1.69. The van der Waals surface area contributed by atoms with Crippen LogP contribution in [0.15, 0.2) is 57.6 Å². The van der Waals surface area contributed by atoms with Crippen LogP contribution in [0.25, 0.3) is 10.6 Å². The molecular formula is C20H19ClN4OS2. The maximum atomic E-state index is 6.29. The highest BCUT2D eigenvalue weighted by molar-refractivity contribution is 7.98. The van der Waals surface area contributed by atoms with Gasteiger partial charge in [-0.15, -0.1) is 21.5 Å². The smallest absolute Gasteiger partial charge is 0.192 e. The van der Waals surface area contributed by atoms with Crippen LogP contribution in [0.3, 0.4) is 0 Å². The van der Waals surface area contributed by atoms with Crippen molar-refractivity contribution in [2.45, 2.75) is 37.2 Å². The number of hydrogen-bond donors (Lipinski definition) is 0. The molecule has 3 aromatic heterocycles. The monoisotopic (exact) mass is 430 g/mol. The Morgan fingerprint density at radius 2 is 2.04 bits per heavy atom. The highest BCUT2D eigenvalue weighted by Crippen LogP contribution is 2.32. The van der Waals surface area contributed by atoms with Gasteiger partial charge in [-0.3, -0.25) is 4.57 Å². The Labute approximate surface area is 176 Å². The van der Waals surface area contributed by atoms with E-state index in [1.54, 1.807) is 29.4 Å². The fourth-order valence-corrected chi connectivity index (χ4v) is 4.89. The van der Waals surface area contributed by atoms with Gasteiger partial charge in [0.05, 0.1) is 23.5 Å². The lowest BCUT2D eigenvalue weighted by atomic mass is 10.2. The van der Waals surface area contributed by atoms with Crippen molar-refractivity contribution in [1.82, 2.24) is 19.7 Å². The molecule has 0 spiro atoms. The molecule has 8 heteroatoms. The Morgan fingerprint density at radius 1 is 1.18 bits per heavy atom. The van der Waals surface area contributed by atoms with Crippen LogP contribution in [-0.4, -0.2) is 19.7 Å². The first kappa shape index (κ1) is 19.2. The summed E-state index contributed by atoms with van der Waals surface area (Å²) in [6, 6.07) is 11.6. The Morgan fingerprint density at radius 3 is 2.79 bits per heavy atom. The van der Waals surface area contributed by atoms with Crippen LogP contribution >= 0.6 is 34.7 Å². The van der Waals surface area contributed by atoms with Gasteiger partial charge in [0.15, 0.2) is 5.16 Å². The molecular weight excluding hydrogens is 412 g/mol. The molecule has 144 valence electrons. The van der Waals surface area contributed by atoms with Gasteiger partial charge in [0, 0.05) is 22.6 Å². The van der Waals surface area contributed by atoms with Crippen molar-refractivity contribution < 1.29 is 4.42 Å². The molecule has 0 saturated heterocycles. The third-order valence-electron chi connectivity index (χ3n) is 4.16. The number of benzene rings is 1. The molecule has 28 heavy (non-hydrogen) atoms. The lowest BCUT2D eigenvalue weighted by Gasteiger charge is -2.10. The van der Waals surface area contributed by atoms with Crippen molar-refractivity contribution >= 4 is 34.7 Å². The van der Waals surface area contributed by atoms with E-state index in [0.717, 1.165) is 43.8 Å². The molecule has 0 radical (unpaired) electrons. The zero-order valence-corrected chi connectivity index (χ0v) is 17.9. The molecule has 5 nitrogen and oxygen atoms in total. The number of hydrogen-bond acceptors (Lipinski definition) is 6. The van der Waals surface area contributed by atoms with Gasteiger partial charge >= 0.3 is 0 Å². The first-order valence-corrected chi connectivity index (χ1v) is 11.1. The Balaban J connectivity index is 1.52. The van der Waals surface area contributed by atoms with E-state index in [2.05, 4.69) is 34.0 Å². The van der Waals surface area contributed by atoms with Gasteiger partial charge in [-0.05, 0) is 18.2 Å². The number of thioether (sulfide) groups is 1. The number of rotatable bonds is 7. The average Bonchev–Trinajstić information content (AvgIpc) is 3.42. The molecule has 0 N–H and O–H groups in total. The number of aromatic nitrogens is 4. The van der Waals surface area contributed by atoms with E-state index in [1.807, 2.05) is 36.4 Å². The normalized spacial score (nSPS) is 11.4. The van der Waals surface area contributed by atoms with Crippen LogP contribution in [0.5, 0.6) is 0 Å². The fourth-order valence-electron chi connectivity index (χ4n) is 2.81. The van der Waals surface area contributed by atoms with Crippen molar-refractivity contribution in [2.75, 3.05) is 0 Å². The van der Waals surface area contributed by atoms with E-state index in [0.29, 0.717) is 6.54 Å². The van der Waals surface area contributed by atoms with Gasteiger partial charge < -0.3 is 4.42 Å². The summed E-state index contributed by atoms with van der Waals surface area (Å²) in [6.45, 7) is 4.86. The number of furan rings is 1. The minimum atomic E-state index is 0.280. The molecule has 1 aromatic carbocycles. The predicted octanol–water partition coefficient (Wildman–Crippen LogP) is 6.11. The topological polar surface area (TPSA) is 56.7 Å². The quantitative estimate of drug-likeness (QED) is 0.331. The number of thiazole rings is 1. The van der Waals surface area contributed by atoms with Crippen LogP contribution < -0.4 is 0 Å². The standard InChI is InChI=1S/C20H19ClN4OS2/c1-13(2)18-23-24-20(25(18)10-15-6-5-9-26-15)28-12-14-11-27-19(22-14)16-7-3-4-8-17(16)21/h3-9,11,13H,10,12H2,1-2H3. The maximum Gasteiger partial charge on any atom is 0.192 e. The first-order chi connectivity index (χ1) is 13.6. The molecule has 4 aromatic rings. The van der Waals surface area contributed by atoms with E-state index < -0.39 is 0 Å². The SMILES string of the molecule is CC(C)c1nnc(SCc2csc(-c3ccccc3Cl)n2)n1Cc1ccco1. The molecule has 0 aliphatic heterocycles. The van der Waals surface area contributed by atoms with Gasteiger partial charge in [-0.25, -0.2) is 4.98 Å². The van der Waals surface area contributed by atoms with Crippen LogP contribution in [0.1, 0.15) is 37.0 Å². The highest BCUT2D eigenvalue weighted by Gasteiger charge is 2.17. The van der Waals surface area contributed by atoms with Gasteiger partial charge in [0.2, 0.25) is 0 Å². The second-order valence-corrected chi connectivity index (χ2v) is 8.78. The maximum absolute atomic E-state index is 6.29. The van der Waals surface area contributed by atoms with Crippen molar-refractivity contribution in [2.24, 2.45) is 0 Å². The van der Waals surface area contributed by atoms with Gasteiger partial charge in [-0.1, -0.05) is 55.4 Å². The summed E-state index contributed by atoms with van der Waals surface area (Å²) in [5.41, 5.74) is 1.97. The molecule has 0 aliphatic carbocycles. The van der Waals surface area contributed by atoms with E-state index in [4.69, 9.17) is 21.0 Å². The largest absolute Gasteiger partial charge is 0.467 e. The van der Waals surface area contributed by atoms with Crippen molar-refractivity contribution in [1.29, 1.82) is 0 Å². The first-order valence-electron chi connectivity index (χ1n) is 8.89. The van der Waals surface area contributed by atoms with E-state index >= 15 is 0 Å². The van der Waals surface area contributed by atoms with E-state index in [-0.39, 0.29) is 5.92 Å². The van der Waals surface area contributed by atoms with Crippen LogP contribution in [0.2, 0.25) is 5.02 Å². The highest BCUT2D eigenvalue weighted by atomic mass is 35.5. The molecule has 0 fully saturated rings. The second-order valence-electron chi connectivity index (χ2n) is 6.57. The van der Waals surface area contributed by atoms with Gasteiger partial charge in [0.1, 0.15) is 16.6 Å². The minimum absolute atomic E-state index is 0.280. The van der Waals surface area contributed by atoms with Crippen molar-refractivity contribution in [3.63, 3.8) is 0 Å². The van der Waals surface area contributed by atoms with Crippen LogP contribution in [0, 0.1) is 0 Å².